The molecular weight excluding hydrogens is 490 g/mol. The minimum absolute atomic E-state index is 0.897. The van der Waals surface area contributed by atoms with Crippen molar-refractivity contribution in [3.63, 3.8) is 0 Å². The maximum absolute atomic E-state index is 6.14. The van der Waals surface area contributed by atoms with Crippen molar-refractivity contribution in [3.8, 4) is 22.3 Å². The minimum Gasteiger partial charge on any atom is -0.456 e. The van der Waals surface area contributed by atoms with Gasteiger partial charge in [-0.15, -0.1) is 0 Å². The number of hydrogen-bond donors (Lipinski definition) is 0. The molecule has 0 bridgehead atoms. The fourth-order valence-corrected chi connectivity index (χ4v) is 6.41. The highest BCUT2D eigenvalue weighted by Gasteiger charge is 2.19. The Morgan fingerprint density at radius 2 is 0.825 bits per heavy atom. The number of rotatable bonds is 2. The van der Waals surface area contributed by atoms with E-state index in [1.807, 2.05) is 36.7 Å². The third-order valence-corrected chi connectivity index (χ3v) is 8.16. The van der Waals surface area contributed by atoms with Gasteiger partial charge in [0.15, 0.2) is 0 Å². The van der Waals surface area contributed by atoms with Crippen LogP contribution in [0.3, 0.4) is 0 Å². The third kappa shape index (κ3) is 2.97. The lowest BCUT2D eigenvalue weighted by Gasteiger charge is -2.17. The maximum Gasteiger partial charge on any atom is 0.135 e. The molecule has 0 aliphatic carbocycles. The van der Waals surface area contributed by atoms with Crippen LogP contribution in [-0.2, 0) is 0 Å². The molecule has 0 aliphatic rings. The average molecular weight is 512 g/mol. The van der Waals surface area contributed by atoms with E-state index >= 15 is 0 Å². The summed E-state index contributed by atoms with van der Waals surface area (Å²) in [6.07, 6.45) is 3.90. The smallest absolute Gasteiger partial charge is 0.135 e. The number of furan rings is 2. The number of benzene rings is 6. The van der Waals surface area contributed by atoms with Gasteiger partial charge in [0.2, 0.25) is 0 Å². The van der Waals surface area contributed by atoms with E-state index < -0.39 is 0 Å². The summed E-state index contributed by atoms with van der Waals surface area (Å²) in [5, 5.41) is 9.21. The molecule has 0 spiro atoms. The van der Waals surface area contributed by atoms with Gasteiger partial charge in [0.25, 0.3) is 0 Å². The van der Waals surface area contributed by atoms with Crippen LogP contribution in [-0.4, -0.2) is 4.98 Å². The second kappa shape index (κ2) is 8.05. The summed E-state index contributed by atoms with van der Waals surface area (Å²) < 4.78 is 12.3. The lowest BCUT2D eigenvalue weighted by Crippen LogP contribution is -1.91. The van der Waals surface area contributed by atoms with Crippen LogP contribution in [0.5, 0.6) is 0 Å². The second-order valence-corrected chi connectivity index (χ2v) is 10.3. The SMILES string of the molecule is c1ccc2c(c1)oc1ccc(-c3c4ccccc4c(-c4ccc5oc6ccccc6c5c4)c4cnccc34)cc12. The van der Waals surface area contributed by atoms with Gasteiger partial charge >= 0.3 is 0 Å². The highest BCUT2D eigenvalue weighted by atomic mass is 16.3. The molecule has 3 aromatic heterocycles. The van der Waals surface area contributed by atoms with Crippen molar-refractivity contribution in [2.75, 3.05) is 0 Å². The molecule has 0 unspecified atom stereocenters. The van der Waals surface area contributed by atoms with Crippen molar-refractivity contribution >= 4 is 65.4 Å². The van der Waals surface area contributed by atoms with Crippen molar-refractivity contribution in [2.45, 2.75) is 0 Å². The van der Waals surface area contributed by atoms with Gasteiger partial charge in [-0.3, -0.25) is 4.98 Å². The number of aromatic nitrogens is 1. The molecule has 6 aromatic carbocycles. The van der Waals surface area contributed by atoms with E-state index in [0.717, 1.165) is 60.4 Å². The lowest BCUT2D eigenvalue weighted by atomic mass is 9.86. The summed E-state index contributed by atoms with van der Waals surface area (Å²) >= 11 is 0. The number of nitrogens with zero attached hydrogens (tertiary/aromatic N) is 1. The topological polar surface area (TPSA) is 39.2 Å². The fraction of sp³-hybridized carbons (Fsp3) is 0. The average Bonchev–Trinajstić information content (AvgIpc) is 3.57. The first kappa shape index (κ1) is 21.5. The van der Waals surface area contributed by atoms with Gasteiger partial charge in [-0.25, -0.2) is 0 Å². The summed E-state index contributed by atoms with van der Waals surface area (Å²) in [5.41, 5.74) is 8.31. The van der Waals surface area contributed by atoms with Crippen LogP contribution in [0.4, 0.5) is 0 Å². The number of pyridine rings is 1. The molecule has 0 atom stereocenters. The predicted octanol–water partition coefficient (Wildman–Crippen LogP) is 10.5. The Bertz CT molecular complexity index is 2220. The van der Waals surface area contributed by atoms with Crippen LogP contribution in [0.15, 0.2) is 136 Å². The molecule has 0 saturated heterocycles. The first-order chi connectivity index (χ1) is 19.8. The molecule has 3 heteroatoms. The molecule has 40 heavy (non-hydrogen) atoms. The van der Waals surface area contributed by atoms with E-state index in [-0.39, 0.29) is 0 Å². The predicted molar refractivity (Wildman–Crippen MR) is 165 cm³/mol. The molecule has 0 N–H and O–H groups in total. The summed E-state index contributed by atoms with van der Waals surface area (Å²) in [5.74, 6) is 0. The summed E-state index contributed by atoms with van der Waals surface area (Å²) in [6.45, 7) is 0. The molecule has 0 saturated carbocycles. The maximum atomic E-state index is 6.14. The van der Waals surface area contributed by atoms with E-state index in [1.54, 1.807) is 0 Å². The summed E-state index contributed by atoms with van der Waals surface area (Å²) in [7, 11) is 0. The Morgan fingerprint density at radius 3 is 1.40 bits per heavy atom. The van der Waals surface area contributed by atoms with Crippen molar-refractivity contribution in [1.29, 1.82) is 0 Å². The third-order valence-electron chi connectivity index (χ3n) is 8.16. The molecule has 0 fully saturated rings. The van der Waals surface area contributed by atoms with Crippen molar-refractivity contribution in [1.82, 2.24) is 4.98 Å². The van der Waals surface area contributed by atoms with Crippen LogP contribution >= 0.6 is 0 Å². The Morgan fingerprint density at radius 1 is 0.375 bits per heavy atom. The van der Waals surface area contributed by atoms with Crippen LogP contribution in [0.2, 0.25) is 0 Å². The highest BCUT2D eigenvalue weighted by Crippen LogP contribution is 2.45. The largest absolute Gasteiger partial charge is 0.456 e. The van der Waals surface area contributed by atoms with E-state index in [0.29, 0.717) is 0 Å². The summed E-state index contributed by atoms with van der Waals surface area (Å²) in [4.78, 5) is 4.59. The van der Waals surface area contributed by atoms with E-state index in [9.17, 15) is 0 Å². The van der Waals surface area contributed by atoms with Crippen molar-refractivity contribution in [2.24, 2.45) is 0 Å². The van der Waals surface area contributed by atoms with Crippen LogP contribution < -0.4 is 0 Å². The Hall–Kier alpha value is -5.41. The molecule has 9 aromatic rings. The van der Waals surface area contributed by atoms with E-state index in [2.05, 4.69) is 96.0 Å². The molecule has 0 radical (unpaired) electrons. The molecular formula is C37H21NO2. The lowest BCUT2D eigenvalue weighted by molar-refractivity contribution is 0.668. The highest BCUT2D eigenvalue weighted by molar-refractivity contribution is 6.22. The fourth-order valence-electron chi connectivity index (χ4n) is 6.41. The van der Waals surface area contributed by atoms with Crippen LogP contribution in [0.1, 0.15) is 0 Å². The molecule has 0 amide bonds. The zero-order valence-electron chi connectivity index (χ0n) is 21.4. The van der Waals surface area contributed by atoms with E-state index in [4.69, 9.17) is 8.83 Å². The molecule has 0 aliphatic heterocycles. The Labute approximate surface area is 228 Å². The van der Waals surface area contributed by atoms with Crippen LogP contribution in [0.25, 0.3) is 87.7 Å². The van der Waals surface area contributed by atoms with Crippen molar-refractivity contribution in [3.05, 3.63) is 128 Å². The van der Waals surface area contributed by atoms with Gasteiger partial charge in [0, 0.05) is 39.3 Å². The van der Waals surface area contributed by atoms with Gasteiger partial charge in [0.1, 0.15) is 22.3 Å². The first-order valence-corrected chi connectivity index (χ1v) is 13.5. The Balaban J connectivity index is 1.38. The second-order valence-electron chi connectivity index (χ2n) is 10.3. The zero-order valence-corrected chi connectivity index (χ0v) is 21.4. The normalized spacial score (nSPS) is 12.0. The minimum atomic E-state index is 0.897. The number of para-hydroxylation sites is 2. The van der Waals surface area contributed by atoms with Crippen molar-refractivity contribution < 1.29 is 8.83 Å². The first-order valence-electron chi connectivity index (χ1n) is 13.5. The van der Waals surface area contributed by atoms with Gasteiger partial charge in [0.05, 0.1) is 0 Å². The Kier molecular flexibility index (Phi) is 4.33. The number of hydrogen-bond acceptors (Lipinski definition) is 3. The molecule has 9 rings (SSSR count). The zero-order chi connectivity index (χ0) is 26.2. The molecule has 3 nitrogen and oxygen atoms in total. The van der Waals surface area contributed by atoms with Crippen LogP contribution in [0, 0.1) is 0 Å². The molecule has 186 valence electrons. The standard InChI is InChI=1S/C37H21NO2/c1-2-10-27-26(9-1)36(22-13-15-34-29(19-22)24-7-3-5-11-32(24)39-34)28-17-18-38-21-31(28)37(27)23-14-16-35-30(20-23)25-8-4-6-12-33(25)40-35/h1-21H. The van der Waals surface area contributed by atoms with Gasteiger partial charge in [-0.1, -0.05) is 72.8 Å². The number of fused-ring (bicyclic) bond motifs is 8. The van der Waals surface area contributed by atoms with E-state index in [1.165, 1.54) is 27.3 Å². The molecule has 3 heterocycles. The van der Waals surface area contributed by atoms with Gasteiger partial charge in [-0.2, -0.15) is 0 Å². The quantitative estimate of drug-likeness (QED) is 0.217. The van der Waals surface area contributed by atoms with Gasteiger partial charge < -0.3 is 8.83 Å². The summed E-state index contributed by atoms with van der Waals surface area (Å²) in [6, 6.07) is 40.4. The monoisotopic (exact) mass is 511 g/mol. The van der Waals surface area contributed by atoms with Gasteiger partial charge in [-0.05, 0) is 80.9 Å².